The molecule has 0 amide bonds. The van der Waals surface area contributed by atoms with Gasteiger partial charge in [-0.25, -0.2) is 0 Å². The molecule has 1 saturated heterocycles. The van der Waals surface area contributed by atoms with Crippen LogP contribution in [-0.2, 0) is 33.9 Å². The third-order valence-electron chi connectivity index (χ3n) is 6.91. The lowest BCUT2D eigenvalue weighted by Crippen LogP contribution is -2.38. The minimum absolute atomic E-state index is 0.577. The van der Waals surface area contributed by atoms with Crippen molar-refractivity contribution in [2.45, 2.75) is 19.7 Å². The zero-order valence-electron chi connectivity index (χ0n) is 23.7. The minimum atomic E-state index is 0.577. The van der Waals surface area contributed by atoms with Gasteiger partial charge in [0.1, 0.15) is 5.75 Å². The Morgan fingerprint density at radius 3 is 2.15 bits per heavy atom. The molecule has 3 aromatic rings. The predicted octanol–water partition coefficient (Wildman–Crippen LogP) is 4.83. The first kappa shape index (κ1) is 28.9. The van der Waals surface area contributed by atoms with Gasteiger partial charge in [0.15, 0.2) is 0 Å². The summed E-state index contributed by atoms with van der Waals surface area (Å²) in [6.07, 6.45) is 0. The second-order valence-corrected chi connectivity index (χ2v) is 10.1. The standard InChI is InChI=1S/C32H43N3O4/c1-33(2)31-8-4-6-28(22-31)24-35(25-29-7-5-9-32(23-29)36-3)30-12-10-27(11-13-30)26-39-21-20-38-19-16-34-14-17-37-18-15-34/h4-13,22-23H,14-21,24-26H2,1-3H3. The quantitative estimate of drug-likeness (QED) is 0.259. The Labute approximate surface area is 233 Å². The molecule has 1 aliphatic rings. The Balaban J connectivity index is 1.31. The smallest absolute Gasteiger partial charge is 0.119 e. The predicted molar refractivity (Wildman–Crippen MR) is 158 cm³/mol. The Kier molecular flexibility index (Phi) is 11.5. The van der Waals surface area contributed by atoms with Gasteiger partial charge in [-0.15, -0.1) is 0 Å². The number of benzene rings is 3. The lowest BCUT2D eigenvalue weighted by atomic mass is 10.1. The normalized spacial score (nSPS) is 13.8. The summed E-state index contributed by atoms with van der Waals surface area (Å²) in [6, 6.07) is 25.7. The third-order valence-corrected chi connectivity index (χ3v) is 6.91. The second-order valence-electron chi connectivity index (χ2n) is 10.1. The van der Waals surface area contributed by atoms with Gasteiger partial charge in [0.2, 0.25) is 0 Å². The molecule has 7 heteroatoms. The van der Waals surface area contributed by atoms with E-state index in [1.807, 2.05) is 12.1 Å². The number of nitrogens with zero attached hydrogens (tertiary/aromatic N) is 3. The van der Waals surface area contributed by atoms with E-state index in [9.17, 15) is 0 Å². The molecule has 0 N–H and O–H groups in total. The van der Waals surface area contributed by atoms with E-state index in [1.165, 1.54) is 22.5 Å². The van der Waals surface area contributed by atoms with Gasteiger partial charge in [0.05, 0.1) is 46.8 Å². The highest BCUT2D eigenvalue weighted by Crippen LogP contribution is 2.24. The molecule has 0 aliphatic carbocycles. The summed E-state index contributed by atoms with van der Waals surface area (Å²) in [6.45, 7) is 8.69. The van der Waals surface area contributed by atoms with E-state index in [2.05, 4.69) is 89.5 Å². The number of morpholine rings is 1. The Morgan fingerprint density at radius 1 is 0.744 bits per heavy atom. The van der Waals surface area contributed by atoms with Crippen molar-refractivity contribution in [3.63, 3.8) is 0 Å². The number of methoxy groups -OCH3 is 1. The topological polar surface area (TPSA) is 46.6 Å². The molecule has 0 unspecified atom stereocenters. The van der Waals surface area contributed by atoms with Crippen LogP contribution < -0.4 is 14.5 Å². The van der Waals surface area contributed by atoms with E-state index >= 15 is 0 Å². The van der Waals surface area contributed by atoms with Gasteiger partial charge in [0.25, 0.3) is 0 Å². The molecule has 0 radical (unpaired) electrons. The summed E-state index contributed by atoms with van der Waals surface area (Å²) in [5.74, 6) is 0.875. The van der Waals surface area contributed by atoms with Crippen LogP contribution in [0.4, 0.5) is 11.4 Å². The van der Waals surface area contributed by atoms with E-state index in [-0.39, 0.29) is 0 Å². The summed E-state index contributed by atoms with van der Waals surface area (Å²) < 4.78 is 22.5. The van der Waals surface area contributed by atoms with E-state index in [0.717, 1.165) is 63.9 Å². The highest BCUT2D eigenvalue weighted by Gasteiger charge is 2.12. The highest BCUT2D eigenvalue weighted by atomic mass is 16.5. The van der Waals surface area contributed by atoms with Crippen molar-refractivity contribution in [1.29, 1.82) is 0 Å². The first-order valence-corrected chi connectivity index (χ1v) is 13.8. The fourth-order valence-corrected chi connectivity index (χ4v) is 4.61. The Bertz CT molecular complexity index is 1120. The van der Waals surface area contributed by atoms with Gasteiger partial charge >= 0.3 is 0 Å². The van der Waals surface area contributed by atoms with Gasteiger partial charge in [-0.1, -0.05) is 36.4 Å². The summed E-state index contributed by atoms with van der Waals surface area (Å²) >= 11 is 0. The summed E-state index contributed by atoms with van der Waals surface area (Å²) in [5, 5.41) is 0. The van der Waals surface area contributed by atoms with Gasteiger partial charge in [0, 0.05) is 58.2 Å². The largest absolute Gasteiger partial charge is 0.497 e. The Hall–Kier alpha value is -3.10. The van der Waals surface area contributed by atoms with E-state index in [0.29, 0.717) is 19.8 Å². The van der Waals surface area contributed by atoms with Crippen LogP contribution in [0.5, 0.6) is 5.75 Å². The molecule has 0 atom stereocenters. The molecule has 0 aromatic heterocycles. The maximum atomic E-state index is 5.87. The molecule has 7 nitrogen and oxygen atoms in total. The van der Waals surface area contributed by atoms with Crippen LogP contribution in [0.15, 0.2) is 72.8 Å². The van der Waals surface area contributed by atoms with Crippen molar-refractivity contribution >= 4 is 11.4 Å². The SMILES string of the molecule is COc1cccc(CN(Cc2cccc(N(C)C)c2)c2ccc(COCCOCCN3CCOCC3)cc2)c1. The maximum Gasteiger partial charge on any atom is 0.119 e. The number of ether oxygens (including phenoxy) is 4. The van der Waals surface area contributed by atoms with Crippen molar-refractivity contribution in [3.05, 3.63) is 89.5 Å². The van der Waals surface area contributed by atoms with Crippen LogP contribution >= 0.6 is 0 Å². The van der Waals surface area contributed by atoms with E-state index < -0.39 is 0 Å². The zero-order valence-corrected chi connectivity index (χ0v) is 23.7. The fraction of sp³-hybridized carbons (Fsp3) is 0.438. The van der Waals surface area contributed by atoms with Crippen LogP contribution in [0.3, 0.4) is 0 Å². The van der Waals surface area contributed by atoms with Crippen molar-refractivity contribution in [2.24, 2.45) is 0 Å². The molecular formula is C32H43N3O4. The minimum Gasteiger partial charge on any atom is -0.497 e. The molecule has 1 heterocycles. The van der Waals surface area contributed by atoms with Crippen molar-refractivity contribution in [2.75, 3.05) is 83.7 Å². The number of hydrogen-bond acceptors (Lipinski definition) is 7. The highest BCUT2D eigenvalue weighted by molar-refractivity contribution is 5.52. The van der Waals surface area contributed by atoms with Crippen LogP contribution in [0, 0.1) is 0 Å². The average Bonchev–Trinajstić information content (AvgIpc) is 2.97. The summed E-state index contributed by atoms with van der Waals surface area (Å²) in [4.78, 5) is 6.92. The molecular weight excluding hydrogens is 490 g/mol. The lowest BCUT2D eigenvalue weighted by Gasteiger charge is -2.26. The maximum absolute atomic E-state index is 5.87. The first-order valence-electron chi connectivity index (χ1n) is 13.8. The number of rotatable bonds is 15. The van der Waals surface area contributed by atoms with Crippen molar-refractivity contribution in [3.8, 4) is 5.75 Å². The number of anilines is 2. The molecule has 0 bridgehead atoms. The molecule has 3 aromatic carbocycles. The van der Waals surface area contributed by atoms with Crippen LogP contribution in [-0.4, -0.2) is 78.8 Å². The van der Waals surface area contributed by atoms with Gasteiger partial charge in [-0.2, -0.15) is 0 Å². The molecule has 1 aliphatic heterocycles. The molecule has 0 saturated carbocycles. The van der Waals surface area contributed by atoms with Crippen LogP contribution in [0.1, 0.15) is 16.7 Å². The summed E-state index contributed by atoms with van der Waals surface area (Å²) in [5.41, 5.74) is 6.00. The van der Waals surface area contributed by atoms with Gasteiger partial charge in [-0.05, 0) is 53.1 Å². The van der Waals surface area contributed by atoms with Crippen LogP contribution in [0.25, 0.3) is 0 Å². The number of hydrogen-bond donors (Lipinski definition) is 0. The fourth-order valence-electron chi connectivity index (χ4n) is 4.61. The molecule has 39 heavy (non-hydrogen) atoms. The van der Waals surface area contributed by atoms with E-state index in [4.69, 9.17) is 18.9 Å². The second kappa shape index (κ2) is 15.5. The average molecular weight is 534 g/mol. The van der Waals surface area contributed by atoms with Crippen LogP contribution in [0.2, 0.25) is 0 Å². The van der Waals surface area contributed by atoms with Crippen molar-refractivity contribution < 1.29 is 18.9 Å². The van der Waals surface area contributed by atoms with Crippen molar-refractivity contribution in [1.82, 2.24) is 4.90 Å². The molecule has 4 rings (SSSR count). The van der Waals surface area contributed by atoms with E-state index in [1.54, 1.807) is 7.11 Å². The molecule has 210 valence electrons. The summed E-state index contributed by atoms with van der Waals surface area (Å²) in [7, 11) is 5.86. The monoisotopic (exact) mass is 533 g/mol. The van der Waals surface area contributed by atoms with Gasteiger partial charge < -0.3 is 28.7 Å². The Morgan fingerprint density at radius 2 is 1.44 bits per heavy atom. The zero-order chi connectivity index (χ0) is 27.3. The molecule has 1 fully saturated rings. The third kappa shape index (κ3) is 9.55. The first-order chi connectivity index (χ1) is 19.1. The lowest BCUT2D eigenvalue weighted by molar-refractivity contribution is 0.00585. The van der Waals surface area contributed by atoms with Gasteiger partial charge in [-0.3, -0.25) is 4.90 Å². The molecule has 0 spiro atoms.